The molecular formula is C21H22ClF3N4O5. The van der Waals surface area contributed by atoms with Crippen LogP contribution in [0.2, 0.25) is 5.02 Å². The van der Waals surface area contributed by atoms with Gasteiger partial charge in [-0.15, -0.1) is 0 Å². The van der Waals surface area contributed by atoms with Crippen LogP contribution in [0.4, 0.5) is 19.0 Å². The second kappa shape index (κ2) is 10.8. The normalized spacial score (nSPS) is 13.5. The van der Waals surface area contributed by atoms with Crippen molar-refractivity contribution in [1.29, 1.82) is 0 Å². The van der Waals surface area contributed by atoms with Crippen LogP contribution in [0.15, 0.2) is 48.8 Å². The van der Waals surface area contributed by atoms with Crippen molar-refractivity contribution in [3.8, 4) is 17.4 Å². The molecule has 1 amide bonds. The number of hydrogen-bond acceptors (Lipinski definition) is 6. The average Bonchev–Trinajstić information content (AvgIpc) is 3.35. The number of aromatic nitrogens is 3. The standard InChI is InChI=1S/C21H22ClF3N4O5/c22-15-3-1-2-4-17(15)34-14-9-19(32)29(11-14)16(5-7-21(23,24)25)20(33)26-18-6-8-28(27-18)10-13(31)12-30/h1-4,6,8-9,11,13,16,30-32H,5,7,10,12H2,(H,26,27,33)/t13-,16?/m1/s1. The van der Waals surface area contributed by atoms with Crippen molar-refractivity contribution in [2.24, 2.45) is 0 Å². The Morgan fingerprint density at radius 3 is 2.68 bits per heavy atom. The molecular weight excluding hydrogens is 481 g/mol. The molecule has 0 bridgehead atoms. The predicted octanol–water partition coefficient (Wildman–Crippen LogP) is 3.71. The number of carbonyl (C=O) groups excluding carboxylic acids is 1. The molecule has 0 aliphatic carbocycles. The number of para-hydroxylation sites is 1. The molecule has 2 aromatic heterocycles. The van der Waals surface area contributed by atoms with Gasteiger partial charge < -0.3 is 29.9 Å². The monoisotopic (exact) mass is 502 g/mol. The van der Waals surface area contributed by atoms with E-state index in [0.29, 0.717) is 0 Å². The first kappa shape index (κ1) is 25.4. The maximum absolute atomic E-state index is 12.9. The van der Waals surface area contributed by atoms with Gasteiger partial charge in [-0.3, -0.25) is 9.48 Å². The van der Waals surface area contributed by atoms with Gasteiger partial charge in [0.05, 0.1) is 30.5 Å². The number of aromatic hydroxyl groups is 1. The summed E-state index contributed by atoms with van der Waals surface area (Å²) in [5, 5.41) is 35.4. The predicted molar refractivity (Wildman–Crippen MR) is 116 cm³/mol. The van der Waals surface area contributed by atoms with Gasteiger partial charge in [-0.1, -0.05) is 23.7 Å². The number of rotatable bonds is 10. The summed E-state index contributed by atoms with van der Waals surface area (Å²) in [5.41, 5.74) is 0. The fourth-order valence-corrected chi connectivity index (χ4v) is 3.29. The van der Waals surface area contributed by atoms with Crippen LogP contribution in [-0.2, 0) is 11.3 Å². The number of halogens is 4. The summed E-state index contributed by atoms with van der Waals surface area (Å²) in [6, 6.07) is 7.57. The molecule has 0 spiro atoms. The molecule has 184 valence electrons. The maximum Gasteiger partial charge on any atom is 0.389 e. The Balaban J connectivity index is 1.81. The summed E-state index contributed by atoms with van der Waals surface area (Å²) in [7, 11) is 0. The highest BCUT2D eigenvalue weighted by molar-refractivity contribution is 6.32. The molecule has 1 aromatic carbocycles. The fourth-order valence-electron chi connectivity index (χ4n) is 3.11. The lowest BCUT2D eigenvalue weighted by Crippen LogP contribution is -2.27. The number of nitrogens with one attached hydrogen (secondary N) is 1. The molecule has 0 fully saturated rings. The van der Waals surface area contributed by atoms with Crippen LogP contribution in [0.25, 0.3) is 0 Å². The van der Waals surface area contributed by atoms with Gasteiger partial charge in [0.25, 0.3) is 0 Å². The minimum absolute atomic E-state index is 0.0198. The zero-order valence-corrected chi connectivity index (χ0v) is 18.4. The Morgan fingerprint density at radius 1 is 1.26 bits per heavy atom. The van der Waals surface area contributed by atoms with E-state index in [1.807, 2.05) is 0 Å². The molecule has 0 aliphatic heterocycles. The maximum atomic E-state index is 12.9. The van der Waals surface area contributed by atoms with Crippen LogP contribution in [0.5, 0.6) is 17.4 Å². The molecule has 0 saturated heterocycles. The molecule has 0 aliphatic rings. The molecule has 4 N–H and O–H groups in total. The third kappa shape index (κ3) is 6.89. The quantitative estimate of drug-likeness (QED) is 0.335. The minimum Gasteiger partial charge on any atom is -0.494 e. The van der Waals surface area contributed by atoms with Gasteiger partial charge in [0, 0.05) is 24.8 Å². The molecule has 3 aromatic rings. The number of hydrogen-bond donors (Lipinski definition) is 4. The third-order valence-corrected chi connectivity index (χ3v) is 5.02. The number of aliphatic hydroxyl groups excluding tert-OH is 2. The number of anilines is 1. The first-order valence-corrected chi connectivity index (χ1v) is 10.5. The number of amides is 1. The average molecular weight is 503 g/mol. The Hall–Kier alpha value is -3.22. The Labute approximate surface area is 196 Å². The van der Waals surface area contributed by atoms with E-state index in [0.717, 1.165) is 10.6 Å². The van der Waals surface area contributed by atoms with Crippen LogP contribution in [0, 0.1) is 0 Å². The first-order valence-electron chi connectivity index (χ1n) is 10.1. The van der Waals surface area contributed by atoms with Crippen LogP contribution in [0.1, 0.15) is 18.9 Å². The summed E-state index contributed by atoms with van der Waals surface area (Å²) >= 11 is 6.04. The van der Waals surface area contributed by atoms with Gasteiger partial charge in [-0.2, -0.15) is 18.3 Å². The zero-order valence-electron chi connectivity index (χ0n) is 17.6. The number of benzene rings is 1. The lowest BCUT2D eigenvalue weighted by Gasteiger charge is -2.19. The van der Waals surface area contributed by atoms with Gasteiger partial charge in [-0.25, -0.2) is 0 Å². The Morgan fingerprint density at radius 2 is 2.00 bits per heavy atom. The van der Waals surface area contributed by atoms with E-state index in [2.05, 4.69) is 10.4 Å². The van der Waals surface area contributed by atoms with Crippen molar-refractivity contribution < 1.29 is 38.0 Å². The van der Waals surface area contributed by atoms with E-state index >= 15 is 0 Å². The Bertz CT molecular complexity index is 1120. The van der Waals surface area contributed by atoms with Gasteiger partial charge in [-0.05, 0) is 18.6 Å². The third-order valence-electron chi connectivity index (χ3n) is 4.71. The molecule has 34 heavy (non-hydrogen) atoms. The smallest absolute Gasteiger partial charge is 0.389 e. The van der Waals surface area contributed by atoms with Crippen molar-refractivity contribution in [1.82, 2.24) is 14.3 Å². The first-order chi connectivity index (χ1) is 16.1. The summed E-state index contributed by atoms with van der Waals surface area (Å²) < 4.78 is 46.6. The summed E-state index contributed by atoms with van der Waals surface area (Å²) in [6.45, 7) is -0.544. The fraction of sp³-hybridized carbons (Fsp3) is 0.333. The lowest BCUT2D eigenvalue weighted by atomic mass is 10.1. The molecule has 0 radical (unpaired) electrons. The molecule has 1 unspecified atom stereocenters. The molecule has 0 saturated carbocycles. The van der Waals surface area contributed by atoms with Crippen molar-refractivity contribution in [2.75, 3.05) is 11.9 Å². The van der Waals surface area contributed by atoms with E-state index in [1.165, 1.54) is 23.1 Å². The zero-order chi connectivity index (χ0) is 24.9. The highest BCUT2D eigenvalue weighted by atomic mass is 35.5. The van der Waals surface area contributed by atoms with Gasteiger partial charge in [0.2, 0.25) is 5.91 Å². The van der Waals surface area contributed by atoms with Crippen molar-refractivity contribution in [2.45, 2.75) is 37.7 Å². The largest absolute Gasteiger partial charge is 0.494 e. The topological polar surface area (TPSA) is 122 Å². The van der Waals surface area contributed by atoms with E-state index in [1.54, 1.807) is 24.3 Å². The number of alkyl halides is 3. The van der Waals surface area contributed by atoms with E-state index in [9.17, 15) is 28.2 Å². The van der Waals surface area contributed by atoms with E-state index in [-0.39, 0.29) is 28.9 Å². The highest BCUT2D eigenvalue weighted by Gasteiger charge is 2.32. The van der Waals surface area contributed by atoms with Crippen molar-refractivity contribution >= 4 is 23.3 Å². The van der Waals surface area contributed by atoms with Crippen LogP contribution in [0.3, 0.4) is 0 Å². The number of aliphatic hydroxyl groups is 2. The molecule has 9 nitrogen and oxygen atoms in total. The van der Waals surface area contributed by atoms with Crippen LogP contribution < -0.4 is 10.1 Å². The van der Waals surface area contributed by atoms with E-state index in [4.69, 9.17) is 21.4 Å². The van der Waals surface area contributed by atoms with Crippen LogP contribution in [-0.4, -0.2) is 54.5 Å². The lowest BCUT2D eigenvalue weighted by molar-refractivity contribution is -0.139. The summed E-state index contributed by atoms with van der Waals surface area (Å²) in [6.07, 6.45) is -4.91. The highest BCUT2D eigenvalue weighted by Crippen LogP contribution is 2.35. The number of carbonyl (C=O) groups is 1. The molecule has 2 atom stereocenters. The van der Waals surface area contributed by atoms with E-state index < -0.39 is 49.6 Å². The molecule has 13 heteroatoms. The number of ether oxygens (including phenoxy) is 1. The second-order valence-electron chi connectivity index (χ2n) is 7.39. The number of nitrogens with zero attached hydrogens (tertiary/aromatic N) is 3. The van der Waals surface area contributed by atoms with Crippen LogP contribution >= 0.6 is 11.6 Å². The van der Waals surface area contributed by atoms with Crippen molar-refractivity contribution in [3.05, 3.63) is 53.8 Å². The SMILES string of the molecule is O=C(Nc1ccn(C[C@@H](O)CO)n1)C(CCC(F)(F)F)n1cc(Oc2ccccc2Cl)cc1O. The molecule has 3 rings (SSSR count). The summed E-state index contributed by atoms with van der Waals surface area (Å²) in [4.78, 5) is 12.9. The molecule has 2 heterocycles. The Kier molecular flexibility index (Phi) is 8.07. The van der Waals surface area contributed by atoms with Crippen molar-refractivity contribution in [3.63, 3.8) is 0 Å². The second-order valence-corrected chi connectivity index (χ2v) is 7.80. The minimum atomic E-state index is -4.53. The van der Waals surface area contributed by atoms with Gasteiger partial charge in [0.1, 0.15) is 17.5 Å². The van der Waals surface area contributed by atoms with Gasteiger partial charge in [0.15, 0.2) is 11.7 Å². The summed E-state index contributed by atoms with van der Waals surface area (Å²) in [5.74, 6) is -0.995. The van der Waals surface area contributed by atoms with Gasteiger partial charge >= 0.3 is 6.18 Å².